The van der Waals surface area contributed by atoms with Crippen molar-refractivity contribution < 1.29 is 13.6 Å². The van der Waals surface area contributed by atoms with Gasteiger partial charge in [-0.05, 0) is 35.9 Å². The van der Waals surface area contributed by atoms with Crippen LogP contribution in [-0.4, -0.2) is 5.78 Å². The fourth-order valence-electron chi connectivity index (χ4n) is 1.68. The Morgan fingerprint density at radius 2 is 1.85 bits per heavy atom. The van der Waals surface area contributed by atoms with Gasteiger partial charge in [0.1, 0.15) is 11.6 Å². The van der Waals surface area contributed by atoms with Gasteiger partial charge in [0.05, 0.1) is 5.02 Å². The third kappa shape index (κ3) is 3.10. The first kappa shape index (κ1) is 15.6. The molecule has 0 fully saturated rings. The Balaban J connectivity index is 2.51. The van der Waals surface area contributed by atoms with Crippen LogP contribution in [0.2, 0.25) is 5.02 Å². The van der Waals surface area contributed by atoms with E-state index >= 15 is 0 Å². The predicted octanol–water partition coefficient (Wildman–Crippen LogP) is 5.51. The van der Waals surface area contributed by atoms with Crippen LogP contribution >= 0.6 is 43.5 Å². The molecule has 6 heteroatoms. The maximum Gasteiger partial charge on any atom is 0.195 e. The Labute approximate surface area is 136 Å². The van der Waals surface area contributed by atoms with E-state index in [4.69, 9.17) is 11.6 Å². The first-order valence-corrected chi connectivity index (χ1v) is 7.77. The smallest absolute Gasteiger partial charge is 0.195 e. The topological polar surface area (TPSA) is 17.1 Å². The monoisotopic (exact) mass is 422 g/mol. The van der Waals surface area contributed by atoms with Gasteiger partial charge in [-0.2, -0.15) is 0 Å². The van der Waals surface area contributed by atoms with Gasteiger partial charge in [0, 0.05) is 20.9 Å². The number of ketones is 1. The summed E-state index contributed by atoms with van der Waals surface area (Å²) in [5.41, 5.74) is 0.694. The minimum absolute atomic E-state index is 0.00752. The molecule has 0 aliphatic heterocycles. The third-order valence-electron chi connectivity index (χ3n) is 2.70. The van der Waals surface area contributed by atoms with E-state index in [0.29, 0.717) is 15.4 Å². The van der Waals surface area contributed by atoms with Crippen LogP contribution < -0.4 is 0 Å². The van der Waals surface area contributed by atoms with Crippen LogP contribution in [0.15, 0.2) is 34.8 Å². The number of halogens is 5. The second-order valence-corrected chi connectivity index (χ2v) is 5.83. The van der Waals surface area contributed by atoms with E-state index in [0.717, 1.165) is 18.2 Å². The second-order valence-electron chi connectivity index (χ2n) is 4.01. The summed E-state index contributed by atoms with van der Waals surface area (Å²) >= 11 is 12.2. The Morgan fingerprint density at radius 1 is 1.15 bits per heavy atom. The summed E-state index contributed by atoms with van der Waals surface area (Å²) < 4.78 is 27.2. The lowest BCUT2D eigenvalue weighted by atomic mass is 10.0. The molecule has 104 valence electrons. The van der Waals surface area contributed by atoms with Crippen LogP contribution in [0.3, 0.4) is 0 Å². The number of alkyl halides is 1. The van der Waals surface area contributed by atoms with Crippen LogP contribution in [0.25, 0.3) is 0 Å². The summed E-state index contributed by atoms with van der Waals surface area (Å²) in [6, 6.07) is 6.13. The Hall–Kier alpha value is -0.780. The highest BCUT2D eigenvalue weighted by molar-refractivity contribution is 9.10. The van der Waals surface area contributed by atoms with Gasteiger partial charge in [-0.25, -0.2) is 8.78 Å². The van der Waals surface area contributed by atoms with Gasteiger partial charge in [-0.1, -0.05) is 43.5 Å². The number of rotatable bonds is 3. The summed E-state index contributed by atoms with van der Waals surface area (Å²) in [5, 5.41) is 0.329. The SMILES string of the molecule is O=C(c1ccc(F)cc1Cl)c1cc(F)c(CBr)cc1Br. The molecular weight excluding hydrogens is 417 g/mol. The molecule has 2 aromatic carbocycles. The average Bonchev–Trinajstić information content (AvgIpc) is 2.40. The van der Waals surface area contributed by atoms with Crippen molar-refractivity contribution in [2.75, 3.05) is 0 Å². The minimum atomic E-state index is -0.536. The molecule has 2 rings (SSSR count). The first-order chi connectivity index (χ1) is 9.43. The van der Waals surface area contributed by atoms with Crippen molar-refractivity contribution in [3.05, 3.63) is 68.2 Å². The van der Waals surface area contributed by atoms with E-state index < -0.39 is 17.4 Å². The Bertz CT molecular complexity index is 689. The van der Waals surface area contributed by atoms with Crippen molar-refractivity contribution in [3.8, 4) is 0 Å². The van der Waals surface area contributed by atoms with E-state index in [9.17, 15) is 13.6 Å². The molecule has 0 unspecified atom stereocenters. The van der Waals surface area contributed by atoms with Crippen molar-refractivity contribution in [2.45, 2.75) is 5.33 Å². The number of carbonyl (C=O) groups is 1. The Morgan fingerprint density at radius 3 is 2.45 bits per heavy atom. The highest BCUT2D eigenvalue weighted by Crippen LogP contribution is 2.27. The molecule has 0 aliphatic carbocycles. The molecule has 0 aliphatic rings. The zero-order valence-corrected chi connectivity index (χ0v) is 13.8. The average molecular weight is 424 g/mol. The molecule has 0 saturated carbocycles. The molecule has 0 atom stereocenters. The van der Waals surface area contributed by atoms with Crippen LogP contribution in [0, 0.1) is 11.6 Å². The summed E-state index contributed by atoms with van der Waals surface area (Å²) in [6.07, 6.45) is 0. The molecule has 0 N–H and O–H groups in total. The highest BCUT2D eigenvalue weighted by Gasteiger charge is 2.18. The van der Waals surface area contributed by atoms with Gasteiger partial charge < -0.3 is 0 Å². The van der Waals surface area contributed by atoms with E-state index in [1.165, 1.54) is 12.1 Å². The maximum atomic E-state index is 13.8. The zero-order valence-electron chi connectivity index (χ0n) is 9.89. The highest BCUT2D eigenvalue weighted by atomic mass is 79.9. The van der Waals surface area contributed by atoms with E-state index in [1.54, 1.807) is 0 Å². The van der Waals surface area contributed by atoms with Crippen molar-refractivity contribution >= 4 is 49.2 Å². The molecule has 0 amide bonds. The van der Waals surface area contributed by atoms with Gasteiger partial charge in [0.15, 0.2) is 5.78 Å². The molecule has 0 aromatic heterocycles. The van der Waals surface area contributed by atoms with Crippen LogP contribution in [0.5, 0.6) is 0 Å². The quantitative estimate of drug-likeness (QED) is 0.469. The van der Waals surface area contributed by atoms with Gasteiger partial charge >= 0.3 is 0 Å². The summed E-state index contributed by atoms with van der Waals surface area (Å²) in [4.78, 5) is 12.3. The normalized spacial score (nSPS) is 10.7. The fraction of sp³-hybridized carbons (Fsp3) is 0.0714. The van der Waals surface area contributed by atoms with Crippen molar-refractivity contribution in [1.29, 1.82) is 0 Å². The van der Waals surface area contributed by atoms with E-state index in [1.807, 2.05) is 0 Å². The molecule has 1 nitrogen and oxygen atoms in total. The lowest BCUT2D eigenvalue weighted by molar-refractivity contribution is 0.103. The van der Waals surface area contributed by atoms with Crippen LogP contribution in [-0.2, 0) is 5.33 Å². The number of hydrogen-bond donors (Lipinski definition) is 0. The number of benzene rings is 2. The molecule has 2 aromatic rings. The summed E-state index contributed by atoms with van der Waals surface area (Å²) in [7, 11) is 0. The van der Waals surface area contributed by atoms with Gasteiger partial charge in [0.25, 0.3) is 0 Å². The molecule has 0 heterocycles. The lowest BCUT2D eigenvalue weighted by Gasteiger charge is -2.08. The maximum absolute atomic E-state index is 13.8. The van der Waals surface area contributed by atoms with Crippen LogP contribution in [0.4, 0.5) is 8.78 Å². The number of carbonyl (C=O) groups excluding carboxylic acids is 1. The molecular formula is C14H7Br2ClF2O. The minimum Gasteiger partial charge on any atom is -0.289 e. The van der Waals surface area contributed by atoms with Crippen molar-refractivity contribution in [3.63, 3.8) is 0 Å². The molecule has 20 heavy (non-hydrogen) atoms. The van der Waals surface area contributed by atoms with Gasteiger partial charge in [0.2, 0.25) is 0 Å². The van der Waals surface area contributed by atoms with Crippen LogP contribution in [0.1, 0.15) is 21.5 Å². The lowest BCUT2D eigenvalue weighted by Crippen LogP contribution is -2.05. The summed E-state index contributed by atoms with van der Waals surface area (Å²) in [5.74, 6) is -1.50. The molecule has 0 spiro atoms. The largest absolute Gasteiger partial charge is 0.289 e. The standard InChI is InChI=1S/C14H7Br2ClF2O/c15-6-7-3-11(16)10(5-13(7)19)14(20)9-2-1-8(18)4-12(9)17/h1-5H,6H2. The fourth-order valence-corrected chi connectivity index (χ4v) is 2.94. The first-order valence-electron chi connectivity index (χ1n) is 5.47. The van der Waals surface area contributed by atoms with E-state index in [-0.39, 0.29) is 16.1 Å². The zero-order chi connectivity index (χ0) is 14.9. The van der Waals surface area contributed by atoms with Crippen molar-refractivity contribution in [2.24, 2.45) is 0 Å². The molecule has 0 radical (unpaired) electrons. The van der Waals surface area contributed by atoms with Gasteiger partial charge in [-0.15, -0.1) is 0 Å². The molecule has 0 bridgehead atoms. The van der Waals surface area contributed by atoms with Crippen molar-refractivity contribution in [1.82, 2.24) is 0 Å². The van der Waals surface area contributed by atoms with Gasteiger partial charge in [-0.3, -0.25) is 4.79 Å². The number of hydrogen-bond acceptors (Lipinski definition) is 1. The Kier molecular flexibility index (Phi) is 4.94. The molecule has 0 saturated heterocycles. The van der Waals surface area contributed by atoms with E-state index in [2.05, 4.69) is 31.9 Å². The third-order valence-corrected chi connectivity index (χ3v) is 4.27. The predicted molar refractivity (Wildman–Crippen MR) is 81.6 cm³/mol. The summed E-state index contributed by atoms with van der Waals surface area (Å²) in [6.45, 7) is 0. The second kappa shape index (κ2) is 6.33.